The molecule has 0 bridgehead atoms. The number of rotatable bonds is 6. The first-order chi connectivity index (χ1) is 13.9. The quantitative estimate of drug-likeness (QED) is 0.747. The number of ether oxygens (including phenoxy) is 2. The summed E-state index contributed by atoms with van der Waals surface area (Å²) in [5.74, 6) is 0.924. The van der Waals surface area contributed by atoms with E-state index < -0.39 is 10.0 Å². The summed E-state index contributed by atoms with van der Waals surface area (Å²) >= 11 is 0. The average Bonchev–Trinajstić information content (AvgIpc) is 2.74. The van der Waals surface area contributed by atoms with Gasteiger partial charge >= 0.3 is 6.03 Å². The topological polar surface area (TPSA) is 97.0 Å². The van der Waals surface area contributed by atoms with Crippen molar-refractivity contribution in [2.24, 2.45) is 0 Å². The van der Waals surface area contributed by atoms with E-state index in [2.05, 4.69) is 10.0 Å². The van der Waals surface area contributed by atoms with Crippen LogP contribution in [0.5, 0.6) is 11.5 Å². The van der Waals surface area contributed by atoms with Crippen LogP contribution in [0.2, 0.25) is 0 Å². The van der Waals surface area contributed by atoms with Crippen molar-refractivity contribution in [2.45, 2.75) is 24.2 Å². The molecule has 3 rings (SSSR count). The second kappa shape index (κ2) is 9.04. The number of anilines is 2. The molecule has 1 saturated heterocycles. The van der Waals surface area contributed by atoms with Crippen LogP contribution >= 0.6 is 0 Å². The van der Waals surface area contributed by atoms with Crippen LogP contribution in [0.1, 0.15) is 19.3 Å². The minimum atomic E-state index is -3.79. The Morgan fingerprint density at radius 2 is 1.52 bits per heavy atom. The van der Waals surface area contributed by atoms with Gasteiger partial charge in [-0.1, -0.05) is 0 Å². The Morgan fingerprint density at radius 3 is 2.14 bits per heavy atom. The maximum atomic E-state index is 12.7. The zero-order valence-corrected chi connectivity index (χ0v) is 17.3. The Kier molecular flexibility index (Phi) is 6.48. The molecule has 1 heterocycles. The van der Waals surface area contributed by atoms with E-state index in [-0.39, 0.29) is 10.9 Å². The Labute approximate surface area is 170 Å². The number of hydrogen-bond acceptors (Lipinski definition) is 5. The molecule has 0 spiro atoms. The van der Waals surface area contributed by atoms with E-state index in [1.54, 1.807) is 35.2 Å². The number of benzene rings is 2. The van der Waals surface area contributed by atoms with Gasteiger partial charge in [-0.2, -0.15) is 0 Å². The van der Waals surface area contributed by atoms with E-state index in [0.29, 0.717) is 22.9 Å². The lowest BCUT2D eigenvalue weighted by molar-refractivity contribution is 0.200. The molecule has 0 aliphatic carbocycles. The van der Waals surface area contributed by atoms with Crippen LogP contribution in [0.25, 0.3) is 0 Å². The van der Waals surface area contributed by atoms with Gasteiger partial charge in [-0.05, 0) is 55.7 Å². The summed E-state index contributed by atoms with van der Waals surface area (Å²) in [7, 11) is -0.807. The monoisotopic (exact) mass is 419 g/mol. The molecule has 156 valence electrons. The predicted molar refractivity (Wildman–Crippen MR) is 111 cm³/mol. The summed E-state index contributed by atoms with van der Waals surface area (Å²) in [6.07, 6.45) is 3.15. The van der Waals surface area contributed by atoms with E-state index in [0.717, 1.165) is 32.4 Å². The first-order valence-corrected chi connectivity index (χ1v) is 10.8. The van der Waals surface area contributed by atoms with Crippen molar-refractivity contribution in [1.82, 2.24) is 4.90 Å². The van der Waals surface area contributed by atoms with Gasteiger partial charge in [0, 0.05) is 24.8 Å². The van der Waals surface area contributed by atoms with Gasteiger partial charge in [0.2, 0.25) is 0 Å². The highest BCUT2D eigenvalue weighted by molar-refractivity contribution is 7.92. The molecule has 9 heteroatoms. The van der Waals surface area contributed by atoms with Crippen LogP contribution < -0.4 is 19.5 Å². The van der Waals surface area contributed by atoms with Crippen LogP contribution in [0.15, 0.2) is 47.4 Å². The van der Waals surface area contributed by atoms with Gasteiger partial charge in [0.1, 0.15) is 0 Å². The number of nitrogens with zero attached hydrogens (tertiary/aromatic N) is 1. The molecule has 29 heavy (non-hydrogen) atoms. The van der Waals surface area contributed by atoms with E-state index >= 15 is 0 Å². The van der Waals surface area contributed by atoms with Crippen LogP contribution in [-0.2, 0) is 10.0 Å². The van der Waals surface area contributed by atoms with Gasteiger partial charge < -0.3 is 19.7 Å². The Bertz CT molecular complexity index is 955. The zero-order valence-electron chi connectivity index (χ0n) is 16.5. The van der Waals surface area contributed by atoms with Crippen molar-refractivity contribution < 1.29 is 22.7 Å². The number of carbonyl (C=O) groups excluding carboxylic acids is 1. The highest BCUT2D eigenvalue weighted by atomic mass is 32.2. The second-order valence-corrected chi connectivity index (χ2v) is 8.36. The van der Waals surface area contributed by atoms with Crippen molar-refractivity contribution >= 4 is 27.4 Å². The van der Waals surface area contributed by atoms with Crippen molar-refractivity contribution in [3.05, 3.63) is 42.5 Å². The number of nitrogens with one attached hydrogen (secondary N) is 2. The fourth-order valence-corrected chi connectivity index (χ4v) is 4.18. The van der Waals surface area contributed by atoms with Gasteiger partial charge in [-0.15, -0.1) is 0 Å². The number of methoxy groups -OCH3 is 2. The summed E-state index contributed by atoms with van der Waals surface area (Å²) < 4.78 is 38.2. The van der Waals surface area contributed by atoms with Crippen LogP contribution in [0.4, 0.5) is 16.2 Å². The molecule has 0 saturated carbocycles. The molecule has 0 radical (unpaired) electrons. The highest BCUT2D eigenvalue weighted by Gasteiger charge is 2.18. The fourth-order valence-electron chi connectivity index (χ4n) is 3.13. The Morgan fingerprint density at radius 1 is 0.897 bits per heavy atom. The lowest BCUT2D eigenvalue weighted by Crippen LogP contribution is -2.38. The molecule has 2 aromatic carbocycles. The Hall–Kier alpha value is -2.94. The maximum absolute atomic E-state index is 12.7. The molecule has 2 amide bonds. The fraction of sp³-hybridized carbons (Fsp3) is 0.350. The number of likely N-dealkylation sites (tertiary alicyclic amines) is 1. The van der Waals surface area contributed by atoms with Crippen molar-refractivity contribution in [3.8, 4) is 11.5 Å². The molecular formula is C20H25N3O5S. The summed E-state index contributed by atoms with van der Waals surface area (Å²) in [6.45, 7) is 1.49. The molecular weight excluding hydrogens is 394 g/mol. The first kappa shape index (κ1) is 20.8. The zero-order chi connectivity index (χ0) is 20.9. The third-order valence-electron chi connectivity index (χ3n) is 4.69. The number of sulfonamides is 1. The molecule has 1 fully saturated rings. The van der Waals surface area contributed by atoms with Gasteiger partial charge in [-0.3, -0.25) is 4.72 Å². The lowest BCUT2D eigenvalue weighted by Gasteiger charge is -2.26. The van der Waals surface area contributed by atoms with Gasteiger partial charge in [0.25, 0.3) is 10.0 Å². The van der Waals surface area contributed by atoms with Crippen molar-refractivity contribution in [1.29, 1.82) is 0 Å². The minimum Gasteiger partial charge on any atom is -0.493 e. The summed E-state index contributed by atoms with van der Waals surface area (Å²) in [5.41, 5.74) is 0.899. The van der Waals surface area contributed by atoms with Gasteiger partial charge in [0.15, 0.2) is 11.5 Å². The Balaban J connectivity index is 1.69. The third-order valence-corrected chi connectivity index (χ3v) is 6.09. The number of carbonyl (C=O) groups is 1. The number of piperidine rings is 1. The molecule has 0 unspecified atom stereocenters. The normalized spacial score (nSPS) is 14.2. The molecule has 2 N–H and O–H groups in total. The standard InChI is InChI=1S/C20H25N3O5S/c1-27-18-11-8-16(14-19(18)28-2)22-29(25,26)17-9-6-15(7-10-17)21-20(24)23-12-4-3-5-13-23/h6-11,14,22H,3-5,12-13H2,1-2H3,(H,21,24). The second-order valence-electron chi connectivity index (χ2n) is 6.68. The molecule has 2 aromatic rings. The van der Waals surface area contributed by atoms with Crippen LogP contribution in [0.3, 0.4) is 0 Å². The predicted octanol–water partition coefficient (Wildman–Crippen LogP) is 3.52. The maximum Gasteiger partial charge on any atom is 0.321 e. The molecule has 0 aromatic heterocycles. The average molecular weight is 420 g/mol. The largest absolute Gasteiger partial charge is 0.493 e. The van der Waals surface area contributed by atoms with Crippen LogP contribution in [-0.4, -0.2) is 46.7 Å². The van der Waals surface area contributed by atoms with E-state index in [4.69, 9.17) is 9.47 Å². The molecule has 1 aliphatic rings. The lowest BCUT2D eigenvalue weighted by atomic mass is 10.1. The number of amides is 2. The van der Waals surface area contributed by atoms with E-state index in [9.17, 15) is 13.2 Å². The van der Waals surface area contributed by atoms with Crippen molar-refractivity contribution in [2.75, 3.05) is 37.3 Å². The number of urea groups is 1. The molecule has 0 atom stereocenters. The molecule has 1 aliphatic heterocycles. The SMILES string of the molecule is COc1ccc(NS(=O)(=O)c2ccc(NC(=O)N3CCCCC3)cc2)cc1OC. The molecule has 8 nitrogen and oxygen atoms in total. The summed E-state index contributed by atoms with van der Waals surface area (Å²) in [5, 5.41) is 2.81. The third kappa shape index (κ3) is 5.11. The van der Waals surface area contributed by atoms with E-state index in [1.165, 1.54) is 26.4 Å². The van der Waals surface area contributed by atoms with Gasteiger partial charge in [-0.25, -0.2) is 13.2 Å². The number of hydrogen-bond donors (Lipinski definition) is 2. The summed E-state index contributed by atoms with van der Waals surface area (Å²) in [4.78, 5) is 14.1. The summed E-state index contributed by atoms with van der Waals surface area (Å²) in [6, 6.07) is 10.6. The minimum absolute atomic E-state index is 0.0863. The first-order valence-electron chi connectivity index (χ1n) is 9.34. The van der Waals surface area contributed by atoms with Crippen LogP contribution in [0, 0.1) is 0 Å². The van der Waals surface area contributed by atoms with E-state index in [1.807, 2.05) is 0 Å². The van der Waals surface area contributed by atoms with Crippen molar-refractivity contribution in [3.63, 3.8) is 0 Å². The van der Waals surface area contributed by atoms with Gasteiger partial charge in [0.05, 0.1) is 24.8 Å². The highest BCUT2D eigenvalue weighted by Crippen LogP contribution is 2.30. The smallest absolute Gasteiger partial charge is 0.321 e.